The van der Waals surface area contributed by atoms with Crippen molar-refractivity contribution in [2.75, 3.05) is 5.32 Å². The summed E-state index contributed by atoms with van der Waals surface area (Å²) in [6.45, 7) is 7.92. The van der Waals surface area contributed by atoms with E-state index in [1.165, 1.54) is 11.3 Å². The Hall–Kier alpha value is -1.51. The molecule has 0 spiro atoms. The first kappa shape index (κ1) is 14.9. The van der Waals surface area contributed by atoms with Crippen molar-refractivity contribution in [3.63, 3.8) is 0 Å². The van der Waals surface area contributed by atoms with Crippen molar-refractivity contribution < 1.29 is 9.53 Å². The number of anilines is 1. The quantitative estimate of drug-likeness (QED) is 0.844. The Balaban J connectivity index is 2.13. The van der Waals surface area contributed by atoms with Crippen LogP contribution in [0.5, 0.6) is 0 Å². The van der Waals surface area contributed by atoms with E-state index in [1.54, 1.807) is 0 Å². The topological polar surface area (TPSA) is 38.3 Å². The summed E-state index contributed by atoms with van der Waals surface area (Å²) in [6.07, 6.45) is 2.53. The van der Waals surface area contributed by atoms with Crippen LogP contribution in [0.2, 0.25) is 0 Å². The molecular formula is C17H25NO2. The summed E-state index contributed by atoms with van der Waals surface area (Å²) in [7, 11) is 0. The number of carbonyl (C=O) groups is 1. The summed E-state index contributed by atoms with van der Waals surface area (Å²) in [5.74, 6) is 0.154. The van der Waals surface area contributed by atoms with Crippen LogP contribution in [0.3, 0.4) is 0 Å². The molecule has 3 nitrogen and oxygen atoms in total. The van der Waals surface area contributed by atoms with Crippen LogP contribution in [-0.4, -0.2) is 17.6 Å². The van der Waals surface area contributed by atoms with Gasteiger partial charge in [-0.05, 0) is 51.2 Å². The van der Waals surface area contributed by atoms with Crippen molar-refractivity contribution in [1.29, 1.82) is 0 Å². The Kier molecular flexibility index (Phi) is 4.36. The van der Waals surface area contributed by atoms with Crippen molar-refractivity contribution in [2.24, 2.45) is 0 Å². The largest absolute Gasteiger partial charge is 0.460 e. The molecule has 0 aliphatic carbocycles. The molecule has 1 aliphatic heterocycles. The first-order chi connectivity index (χ1) is 9.39. The van der Waals surface area contributed by atoms with Crippen molar-refractivity contribution in [2.45, 2.75) is 64.5 Å². The van der Waals surface area contributed by atoms with Gasteiger partial charge in [-0.1, -0.05) is 25.1 Å². The predicted molar refractivity (Wildman–Crippen MR) is 82.0 cm³/mol. The van der Waals surface area contributed by atoms with Gasteiger partial charge in [0, 0.05) is 11.7 Å². The third-order valence-corrected chi connectivity index (χ3v) is 3.66. The monoisotopic (exact) mass is 275 g/mol. The molecule has 110 valence electrons. The molecule has 3 heteroatoms. The zero-order valence-corrected chi connectivity index (χ0v) is 12.9. The number of esters is 1. The van der Waals surface area contributed by atoms with Gasteiger partial charge in [0.05, 0.1) is 6.42 Å². The predicted octanol–water partition coefficient (Wildman–Crippen LogP) is 4.10. The second-order valence-corrected chi connectivity index (χ2v) is 6.56. The van der Waals surface area contributed by atoms with Gasteiger partial charge < -0.3 is 10.1 Å². The molecule has 0 amide bonds. The van der Waals surface area contributed by atoms with Crippen LogP contribution in [0, 0.1) is 0 Å². The fourth-order valence-electron chi connectivity index (χ4n) is 2.78. The van der Waals surface area contributed by atoms with E-state index in [4.69, 9.17) is 4.74 Å². The normalized spacial score (nSPS) is 21.8. The summed E-state index contributed by atoms with van der Waals surface area (Å²) in [5, 5.41) is 3.55. The van der Waals surface area contributed by atoms with E-state index in [9.17, 15) is 4.79 Å². The standard InChI is InChI=1S/C17H25NO2/c1-5-13-10-12(11-16(19)20-17(2,3)4)14-8-6-7-9-15(14)18-13/h6-9,12-13,18H,5,10-11H2,1-4H3. The molecule has 0 saturated heterocycles. The maximum atomic E-state index is 12.1. The number of fused-ring (bicyclic) bond motifs is 1. The zero-order valence-electron chi connectivity index (χ0n) is 12.9. The Morgan fingerprint density at radius 1 is 1.35 bits per heavy atom. The molecule has 1 heterocycles. The summed E-state index contributed by atoms with van der Waals surface area (Å²) in [5.41, 5.74) is 2.00. The molecule has 1 aromatic rings. The first-order valence-corrected chi connectivity index (χ1v) is 7.46. The molecule has 2 rings (SSSR count). The van der Waals surface area contributed by atoms with Crippen LogP contribution in [0.15, 0.2) is 24.3 Å². The highest BCUT2D eigenvalue weighted by atomic mass is 16.6. The number of para-hydroxylation sites is 1. The van der Waals surface area contributed by atoms with Crippen LogP contribution >= 0.6 is 0 Å². The highest BCUT2D eigenvalue weighted by molar-refractivity contribution is 5.72. The second-order valence-electron chi connectivity index (χ2n) is 6.56. The zero-order chi connectivity index (χ0) is 14.8. The Morgan fingerprint density at radius 3 is 2.70 bits per heavy atom. The van der Waals surface area contributed by atoms with Gasteiger partial charge in [-0.15, -0.1) is 0 Å². The summed E-state index contributed by atoms with van der Waals surface area (Å²) < 4.78 is 5.47. The van der Waals surface area contributed by atoms with Gasteiger partial charge in [-0.3, -0.25) is 4.79 Å². The fraction of sp³-hybridized carbons (Fsp3) is 0.588. The summed E-state index contributed by atoms with van der Waals surface area (Å²) in [6, 6.07) is 8.73. The lowest BCUT2D eigenvalue weighted by Gasteiger charge is -2.33. The second kappa shape index (κ2) is 5.86. The van der Waals surface area contributed by atoms with Crippen molar-refractivity contribution in [1.82, 2.24) is 0 Å². The lowest BCUT2D eigenvalue weighted by atomic mass is 9.84. The van der Waals surface area contributed by atoms with Gasteiger partial charge in [0.1, 0.15) is 5.60 Å². The fourth-order valence-corrected chi connectivity index (χ4v) is 2.78. The van der Waals surface area contributed by atoms with Crippen LogP contribution in [-0.2, 0) is 9.53 Å². The molecule has 2 unspecified atom stereocenters. The molecule has 1 N–H and O–H groups in total. The highest BCUT2D eigenvalue weighted by Crippen LogP contribution is 2.37. The minimum Gasteiger partial charge on any atom is -0.460 e. The smallest absolute Gasteiger partial charge is 0.306 e. The van der Waals surface area contributed by atoms with E-state index in [2.05, 4.69) is 24.4 Å². The number of nitrogens with one attached hydrogen (secondary N) is 1. The Bertz CT molecular complexity index is 476. The molecule has 0 radical (unpaired) electrons. The van der Waals surface area contributed by atoms with Gasteiger partial charge >= 0.3 is 5.97 Å². The number of benzene rings is 1. The minimum absolute atomic E-state index is 0.103. The van der Waals surface area contributed by atoms with Crippen LogP contribution in [0.25, 0.3) is 0 Å². The van der Waals surface area contributed by atoms with Gasteiger partial charge in [0.2, 0.25) is 0 Å². The number of hydrogen-bond donors (Lipinski definition) is 1. The molecule has 1 aromatic carbocycles. The lowest BCUT2D eigenvalue weighted by molar-refractivity contribution is -0.155. The average Bonchev–Trinajstić information content (AvgIpc) is 2.36. The maximum absolute atomic E-state index is 12.1. The van der Waals surface area contributed by atoms with E-state index in [0.29, 0.717) is 12.5 Å². The van der Waals surface area contributed by atoms with Gasteiger partial charge in [0.15, 0.2) is 0 Å². The third kappa shape index (κ3) is 3.75. The maximum Gasteiger partial charge on any atom is 0.306 e. The molecule has 1 aliphatic rings. The molecule has 20 heavy (non-hydrogen) atoms. The molecule has 0 bridgehead atoms. The Labute approximate surface area is 121 Å². The van der Waals surface area contributed by atoms with E-state index in [0.717, 1.165) is 12.8 Å². The summed E-state index contributed by atoms with van der Waals surface area (Å²) >= 11 is 0. The number of rotatable bonds is 3. The van der Waals surface area contributed by atoms with Crippen molar-refractivity contribution in [3.05, 3.63) is 29.8 Å². The van der Waals surface area contributed by atoms with E-state index >= 15 is 0 Å². The molecule has 0 saturated carbocycles. The number of hydrogen-bond acceptors (Lipinski definition) is 3. The first-order valence-electron chi connectivity index (χ1n) is 7.46. The molecular weight excluding hydrogens is 250 g/mol. The number of ether oxygens (including phenoxy) is 1. The number of carbonyl (C=O) groups excluding carboxylic acids is 1. The van der Waals surface area contributed by atoms with Crippen LogP contribution in [0.1, 0.15) is 58.4 Å². The Morgan fingerprint density at radius 2 is 2.05 bits per heavy atom. The lowest BCUT2D eigenvalue weighted by Crippen LogP contribution is -2.30. The molecule has 2 atom stereocenters. The average molecular weight is 275 g/mol. The molecule has 0 fully saturated rings. The van der Waals surface area contributed by atoms with Gasteiger partial charge in [-0.2, -0.15) is 0 Å². The summed E-state index contributed by atoms with van der Waals surface area (Å²) in [4.78, 5) is 12.1. The minimum atomic E-state index is -0.409. The third-order valence-electron chi connectivity index (χ3n) is 3.66. The van der Waals surface area contributed by atoms with Gasteiger partial charge in [0.25, 0.3) is 0 Å². The van der Waals surface area contributed by atoms with E-state index < -0.39 is 5.60 Å². The molecule has 0 aromatic heterocycles. The highest BCUT2D eigenvalue weighted by Gasteiger charge is 2.28. The SMILES string of the molecule is CCC1CC(CC(=O)OC(C)(C)C)c2ccccc2N1. The van der Waals surface area contributed by atoms with Crippen molar-refractivity contribution >= 4 is 11.7 Å². The van der Waals surface area contributed by atoms with Gasteiger partial charge in [-0.25, -0.2) is 0 Å². The van der Waals surface area contributed by atoms with E-state index in [-0.39, 0.29) is 11.9 Å². The van der Waals surface area contributed by atoms with Crippen LogP contribution in [0.4, 0.5) is 5.69 Å². The van der Waals surface area contributed by atoms with E-state index in [1.807, 2.05) is 32.9 Å². The van der Waals surface area contributed by atoms with Crippen LogP contribution < -0.4 is 5.32 Å². The van der Waals surface area contributed by atoms with Crippen molar-refractivity contribution in [3.8, 4) is 0 Å².